The molecule has 4 nitrogen and oxygen atoms in total. The quantitative estimate of drug-likeness (QED) is 0.753. The molecule has 2 fully saturated rings. The van der Waals surface area contributed by atoms with E-state index in [-0.39, 0.29) is 20.8 Å². The lowest BCUT2D eigenvalue weighted by Gasteiger charge is -2.29. The molecule has 4 heteroatoms. The number of hydrogen-bond acceptors (Lipinski definition) is 3. The van der Waals surface area contributed by atoms with Gasteiger partial charge in [-0.2, -0.15) is 0 Å². The van der Waals surface area contributed by atoms with Crippen LogP contribution in [0.15, 0.2) is 18.2 Å². The number of hydrogen-bond donors (Lipinski definition) is 0. The topological polar surface area (TPSA) is 38.8 Å². The minimum Gasteiger partial charge on any atom is -0.497 e. The third-order valence-electron chi connectivity index (χ3n) is 5.54. The van der Waals surface area contributed by atoms with Gasteiger partial charge in [-0.05, 0) is 49.8 Å². The van der Waals surface area contributed by atoms with Crippen molar-refractivity contribution in [1.82, 2.24) is 4.90 Å². The lowest BCUT2D eigenvalue weighted by molar-refractivity contribution is -0.132. The highest BCUT2D eigenvalue weighted by atomic mass is 16.5. The molecular formula is C23H34NO3. The summed E-state index contributed by atoms with van der Waals surface area (Å²) in [6, 6.07) is 6.24. The van der Waals surface area contributed by atoms with Crippen LogP contribution in [0.25, 0.3) is 0 Å². The van der Waals surface area contributed by atoms with Crippen molar-refractivity contribution in [3.8, 4) is 11.5 Å². The molecule has 1 aromatic carbocycles. The summed E-state index contributed by atoms with van der Waals surface area (Å²) in [5.74, 6) is 1.97. The zero-order chi connectivity index (χ0) is 17.6. The number of rotatable bonds is 5. The fourth-order valence-electron chi connectivity index (χ4n) is 4.11. The fourth-order valence-corrected chi connectivity index (χ4v) is 4.11. The molecule has 1 aliphatic heterocycles. The minimum absolute atomic E-state index is 0. The van der Waals surface area contributed by atoms with Crippen LogP contribution in [0.3, 0.4) is 0 Å². The molecule has 1 aromatic rings. The van der Waals surface area contributed by atoms with Crippen LogP contribution in [0.1, 0.15) is 50.5 Å². The Morgan fingerprint density at radius 3 is 2.30 bits per heavy atom. The maximum Gasteiger partial charge on any atom is 0.226 e. The predicted molar refractivity (Wildman–Crippen MR) is 110 cm³/mol. The van der Waals surface area contributed by atoms with E-state index in [1.54, 1.807) is 14.2 Å². The molecule has 27 heavy (non-hydrogen) atoms. The van der Waals surface area contributed by atoms with Gasteiger partial charge in [0.25, 0.3) is 0 Å². The lowest BCUT2D eigenvalue weighted by Crippen LogP contribution is -2.38. The van der Waals surface area contributed by atoms with Gasteiger partial charge in [-0.1, -0.05) is 40.5 Å². The molecule has 1 heterocycles. The summed E-state index contributed by atoms with van der Waals surface area (Å²) in [6.07, 6.45) is 11.5. The molecule has 2 unspecified atom stereocenters. The van der Waals surface area contributed by atoms with Gasteiger partial charge in [-0.15, -0.1) is 0 Å². The van der Waals surface area contributed by atoms with Gasteiger partial charge in [0.2, 0.25) is 5.91 Å². The second-order valence-electron chi connectivity index (χ2n) is 7.24. The Morgan fingerprint density at radius 2 is 1.63 bits per heavy atom. The zero-order valence-corrected chi connectivity index (χ0v) is 16.9. The van der Waals surface area contributed by atoms with E-state index in [2.05, 4.69) is 11.3 Å². The van der Waals surface area contributed by atoms with E-state index in [1.807, 2.05) is 18.2 Å². The van der Waals surface area contributed by atoms with Crippen molar-refractivity contribution in [2.45, 2.75) is 57.4 Å². The average molecular weight is 373 g/mol. The smallest absolute Gasteiger partial charge is 0.226 e. The maximum atomic E-state index is 13.0. The van der Waals surface area contributed by atoms with E-state index >= 15 is 0 Å². The van der Waals surface area contributed by atoms with Crippen LogP contribution in [-0.2, 0) is 11.2 Å². The molecule has 149 valence electrons. The van der Waals surface area contributed by atoms with Crippen LogP contribution < -0.4 is 9.47 Å². The molecule has 1 saturated carbocycles. The standard InChI is InChI=1S/C21H30NO3.2CH2/c1-24-19-13-16(14-20(15-19)25-2)12-17-10-11-22(21(17)23)18-8-6-4-3-5-7-9-18;;/h8,13-15,17-18H,3-7,9-12H2,1-2H3;2*1H2. The summed E-state index contributed by atoms with van der Waals surface area (Å²) in [6.45, 7) is 0.895. The molecule has 0 spiro atoms. The van der Waals surface area contributed by atoms with Gasteiger partial charge in [-0.3, -0.25) is 4.79 Å². The Bertz CT molecular complexity index is 557. The van der Waals surface area contributed by atoms with Crippen LogP contribution in [-0.4, -0.2) is 37.6 Å². The van der Waals surface area contributed by atoms with Crippen LogP contribution in [0.4, 0.5) is 0 Å². The van der Waals surface area contributed by atoms with Crippen molar-refractivity contribution in [2.24, 2.45) is 5.92 Å². The summed E-state index contributed by atoms with van der Waals surface area (Å²) < 4.78 is 10.7. The summed E-state index contributed by atoms with van der Waals surface area (Å²) in [5.41, 5.74) is 1.11. The molecule has 0 aromatic heterocycles. The Morgan fingerprint density at radius 1 is 0.963 bits per heavy atom. The van der Waals surface area contributed by atoms with Gasteiger partial charge in [0.1, 0.15) is 11.5 Å². The average Bonchev–Trinajstić information content (AvgIpc) is 2.95. The largest absolute Gasteiger partial charge is 0.497 e. The van der Waals surface area contributed by atoms with Crippen molar-refractivity contribution < 1.29 is 14.3 Å². The molecule has 2 aliphatic rings. The molecule has 1 amide bonds. The zero-order valence-electron chi connectivity index (χ0n) is 16.9. The van der Waals surface area contributed by atoms with Crippen molar-refractivity contribution >= 4 is 5.91 Å². The molecule has 5 radical (unpaired) electrons. The molecule has 1 saturated heterocycles. The molecule has 2 atom stereocenters. The van der Waals surface area contributed by atoms with Gasteiger partial charge >= 0.3 is 0 Å². The number of likely N-dealkylation sites (tertiary alicyclic amines) is 1. The van der Waals surface area contributed by atoms with E-state index in [9.17, 15) is 4.79 Å². The van der Waals surface area contributed by atoms with Gasteiger partial charge in [0.05, 0.1) is 14.2 Å². The van der Waals surface area contributed by atoms with E-state index < -0.39 is 0 Å². The van der Waals surface area contributed by atoms with E-state index in [4.69, 9.17) is 9.47 Å². The number of nitrogens with zero attached hydrogens (tertiary/aromatic N) is 1. The highest BCUT2D eigenvalue weighted by molar-refractivity contribution is 5.81. The van der Waals surface area contributed by atoms with Crippen molar-refractivity contribution in [3.05, 3.63) is 45.0 Å². The molecule has 0 N–H and O–H groups in total. The number of ether oxygens (including phenoxy) is 2. The fraction of sp³-hybridized carbons (Fsp3) is 0.565. The predicted octanol–water partition coefficient (Wildman–Crippen LogP) is 4.68. The minimum atomic E-state index is 0. The molecule has 3 rings (SSSR count). The summed E-state index contributed by atoms with van der Waals surface area (Å²) in [7, 11) is 3.32. The first-order valence-electron chi connectivity index (χ1n) is 9.57. The normalized spacial score (nSPS) is 20.9. The van der Waals surface area contributed by atoms with Gasteiger partial charge < -0.3 is 14.4 Å². The summed E-state index contributed by atoms with van der Waals surface area (Å²) in [5, 5.41) is 0. The Hall–Kier alpha value is -1.71. The third kappa shape index (κ3) is 5.88. The molecule has 0 bridgehead atoms. The third-order valence-corrected chi connectivity index (χ3v) is 5.54. The lowest BCUT2D eigenvalue weighted by atomic mass is 9.95. The van der Waals surface area contributed by atoms with E-state index in [1.165, 1.54) is 25.7 Å². The van der Waals surface area contributed by atoms with Crippen LogP contribution >= 0.6 is 0 Å². The van der Waals surface area contributed by atoms with Crippen LogP contribution in [0.5, 0.6) is 11.5 Å². The number of amides is 1. The molecule has 1 aliphatic carbocycles. The summed E-state index contributed by atoms with van der Waals surface area (Å²) >= 11 is 0. The van der Waals surface area contributed by atoms with Gasteiger partial charge in [0, 0.05) is 24.6 Å². The van der Waals surface area contributed by atoms with E-state index in [0.29, 0.717) is 11.9 Å². The molecular weight excluding hydrogens is 338 g/mol. The van der Waals surface area contributed by atoms with Crippen LogP contribution in [0.2, 0.25) is 0 Å². The Kier molecular flexibility index (Phi) is 9.68. The van der Waals surface area contributed by atoms with Crippen molar-refractivity contribution in [1.29, 1.82) is 0 Å². The number of carbonyl (C=O) groups excluding carboxylic acids is 1. The monoisotopic (exact) mass is 372 g/mol. The second-order valence-corrected chi connectivity index (χ2v) is 7.24. The first-order chi connectivity index (χ1) is 12.2. The van der Waals surface area contributed by atoms with Crippen molar-refractivity contribution in [3.63, 3.8) is 0 Å². The Labute approximate surface area is 166 Å². The highest BCUT2D eigenvalue weighted by Gasteiger charge is 2.35. The first-order valence-corrected chi connectivity index (χ1v) is 9.57. The number of methoxy groups -OCH3 is 2. The first kappa shape index (κ1) is 23.3. The SMILES string of the molecule is COc1cc(CC2CCN(C3[CH]CCCCCC3)C2=O)cc(OC)c1.[CH2].[CH2]. The van der Waals surface area contributed by atoms with Crippen molar-refractivity contribution in [2.75, 3.05) is 20.8 Å². The van der Waals surface area contributed by atoms with Gasteiger partial charge in [-0.25, -0.2) is 0 Å². The van der Waals surface area contributed by atoms with E-state index in [0.717, 1.165) is 49.3 Å². The second kappa shape index (κ2) is 11.2. The van der Waals surface area contributed by atoms with Gasteiger partial charge in [0.15, 0.2) is 0 Å². The number of benzene rings is 1. The number of carbonyl (C=O) groups is 1. The highest BCUT2D eigenvalue weighted by Crippen LogP contribution is 2.31. The maximum absolute atomic E-state index is 13.0. The Balaban J connectivity index is 0.00000182. The summed E-state index contributed by atoms with van der Waals surface area (Å²) in [4.78, 5) is 15.1. The van der Waals surface area contributed by atoms with Crippen LogP contribution in [0, 0.1) is 27.2 Å².